The van der Waals surface area contributed by atoms with Crippen LogP contribution in [-0.4, -0.2) is 26.7 Å². The number of hydrogen-bond donors (Lipinski definition) is 2. The number of carbonyl (C=O) groups is 1. The van der Waals surface area contributed by atoms with E-state index in [2.05, 4.69) is 5.32 Å². The number of amides is 1. The molecule has 1 unspecified atom stereocenters. The third-order valence-corrected chi connectivity index (χ3v) is 5.42. The van der Waals surface area contributed by atoms with E-state index in [1.165, 1.54) is 31.2 Å². The van der Waals surface area contributed by atoms with Crippen LogP contribution in [-0.2, 0) is 27.6 Å². The van der Waals surface area contributed by atoms with Crippen LogP contribution in [0.2, 0.25) is 0 Å². The normalized spacial score (nSPS) is 13.8. The van der Waals surface area contributed by atoms with Crippen LogP contribution in [0.3, 0.4) is 0 Å². The molecule has 31 heavy (non-hydrogen) atoms. The molecule has 0 aromatic heterocycles. The van der Waals surface area contributed by atoms with Crippen molar-refractivity contribution in [1.82, 2.24) is 0 Å². The lowest BCUT2D eigenvalue weighted by Gasteiger charge is -2.30. The number of hydrogen-bond acceptors (Lipinski definition) is 3. The Morgan fingerprint density at radius 2 is 1.35 bits per heavy atom. The smallest absolute Gasteiger partial charge is 0.326 e. The number of rotatable bonds is 6. The van der Waals surface area contributed by atoms with E-state index < -0.39 is 45.4 Å². The monoisotopic (exact) mass is 471 g/mol. The zero-order chi connectivity index (χ0) is 23.6. The topological polar surface area (TPSA) is 63.2 Å². The minimum absolute atomic E-state index is 0.131. The molecule has 2 aromatic rings. The SMILES string of the molecule is CC(c1ccc(CC(=O)Nc2ccc(C(F)(C(F)(F)F)C(F)(F)F)cc2)cc1)[SH](=O)=O. The highest BCUT2D eigenvalue weighted by molar-refractivity contribution is 7.72. The predicted molar refractivity (Wildman–Crippen MR) is 98.8 cm³/mol. The van der Waals surface area contributed by atoms with E-state index in [1.807, 2.05) is 0 Å². The fourth-order valence-electron chi connectivity index (χ4n) is 2.70. The van der Waals surface area contributed by atoms with Crippen LogP contribution < -0.4 is 5.32 Å². The van der Waals surface area contributed by atoms with Crippen molar-refractivity contribution >= 4 is 22.3 Å². The molecule has 0 aliphatic heterocycles. The van der Waals surface area contributed by atoms with Gasteiger partial charge in [0.25, 0.3) is 0 Å². The Labute approximate surface area is 174 Å². The van der Waals surface area contributed by atoms with Gasteiger partial charge in [-0.05, 0) is 30.2 Å². The van der Waals surface area contributed by atoms with Crippen LogP contribution in [0.5, 0.6) is 0 Å². The standard InChI is InChI=1S/C19H16F7NO3S/c1-11(31(29)30)13-4-2-12(3-5-13)10-16(28)27-15-8-6-14(7-9-15)17(20,18(21,22)23)19(24,25)26/h2-9,11,31H,10H2,1H3,(H,27,28). The third-order valence-electron chi connectivity index (χ3n) is 4.49. The van der Waals surface area contributed by atoms with Gasteiger partial charge in [0, 0.05) is 11.3 Å². The summed E-state index contributed by atoms with van der Waals surface area (Å²) in [5.41, 5.74) is -6.33. The van der Waals surface area contributed by atoms with Gasteiger partial charge in [0.05, 0.1) is 11.7 Å². The maximum atomic E-state index is 14.0. The Bertz CT molecular complexity index is 975. The molecule has 0 bridgehead atoms. The first-order valence-corrected chi connectivity index (χ1v) is 9.86. The Morgan fingerprint density at radius 1 is 0.871 bits per heavy atom. The summed E-state index contributed by atoms with van der Waals surface area (Å²) in [5, 5.41) is 1.57. The first-order chi connectivity index (χ1) is 14.2. The van der Waals surface area contributed by atoms with Crippen molar-refractivity contribution in [2.45, 2.75) is 36.6 Å². The van der Waals surface area contributed by atoms with Crippen LogP contribution >= 0.6 is 0 Å². The second kappa shape index (κ2) is 8.85. The highest BCUT2D eigenvalue weighted by Gasteiger charge is 2.73. The van der Waals surface area contributed by atoms with Gasteiger partial charge in [-0.2, -0.15) is 26.3 Å². The molecule has 1 atom stereocenters. The Hall–Kier alpha value is -2.63. The van der Waals surface area contributed by atoms with Crippen molar-refractivity contribution in [2.24, 2.45) is 0 Å². The molecule has 0 fully saturated rings. The van der Waals surface area contributed by atoms with E-state index in [9.17, 15) is 43.9 Å². The Kier molecular flexibility index (Phi) is 7.03. The second-order valence-electron chi connectivity index (χ2n) is 6.66. The number of nitrogens with one attached hydrogen (secondary N) is 1. The van der Waals surface area contributed by atoms with Gasteiger partial charge in [-0.15, -0.1) is 0 Å². The summed E-state index contributed by atoms with van der Waals surface area (Å²) in [6.07, 6.45) is -12.6. The van der Waals surface area contributed by atoms with Crippen LogP contribution in [0.15, 0.2) is 48.5 Å². The highest BCUT2D eigenvalue weighted by Crippen LogP contribution is 2.53. The zero-order valence-corrected chi connectivity index (χ0v) is 16.6. The van der Waals surface area contributed by atoms with E-state index in [-0.39, 0.29) is 12.1 Å². The Morgan fingerprint density at radius 3 is 1.77 bits per heavy atom. The molecule has 1 amide bonds. The average Bonchev–Trinajstić information content (AvgIpc) is 2.66. The van der Waals surface area contributed by atoms with E-state index in [0.29, 0.717) is 23.3 Å². The lowest BCUT2D eigenvalue weighted by atomic mass is 9.94. The number of halogens is 7. The number of carbonyl (C=O) groups excluding carboxylic acids is 1. The van der Waals surface area contributed by atoms with Crippen LogP contribution in [0.1, 0.15) is 28.9 Å². The summed E-state index contributed by atoms with van der Waals surface area (Å²) in [5.74, 6) is -0.637. The molecule has 2 rings (SSSR count). The van der Waals surface area contributed by atoms with Gasteiger partial charge >= 0.3 is 18.0 Å². The molecule has 0 saturated carbocycles. The molecule has 0 saturated heterocycles. The summed E-state index contributed by atoms with van der Waals surface area (Å²) in [6, 6.07) is 8.12. The molecule has 0 spiro atoms. The van der Waals surface area contributed by atoms with Crippen LogP contribution in [0.4, 0.5) is 36.4 Å². The predicted octanol–water partition coefficient (Wildman–Crippen LogP) is 4.83. The fourth-order valence-corrected chi connectivity index (χ4v) is 3.11. The number of thiol groups is 1. The maximum absolute atomic E-state index is 14.0. The van der Waals surface area contributed by atoms with Crippen LogP contribution in [0, 0.1) is 0 Å². The largest absolute Gasteiger partial charge is 0.435 e. The van der Waals surface area contributed by atoms with E-state index in [0.717, 1.165) is 12.1 Å². The molecule has 0 heterocycles. The first kappa shape index (κ1) is 24.6. The minimum atomic E-state index is -6.22. The van der Waals surface area contributed by atoms with Gasteiger partial charge in [-0.3, -0.25) is 4.79 Å². The van der Waals surface area contributed by atoms with Gasteiger partial charge in [0.2, 0.25) is 5.91 Å². The molecule has 2 aromatic carbocycles. The van der Waals surface area contributed by atoms with Gasteiger partial charge in [-0.25, -0.2) is 12.8 Å². The third kappa shape index (κ3) is 5.35. The van der Waals surface area contributed by atoms with Crippen molar-refractivity contribution in [3.63, 3.8) is 0 Å². The van der Waals surface area contributed by atoms with Gasteiger partial charge in [0.1, 0.15) is 10.7 Å². The van der Waals surface area contributed by atoms with Crippen molar-refractivity contribution in [3.05, 3.63) is 65.2 Å². The number of benzene rings is 2. The van der Waals surface area contributed by atoms with Crippen molar-refractivity contribution in [3.8, 4) is 0 Å². The molecule has 12 heteroatoms. The zero-order valence-electron chi connectivity index (χ0n) is 15.7. The van der Waals surface area contributed by atoms with E-state index in [1.54, 1.807) is 0 Å². The first-order valence-electron chi connectivity index (χ1n) is 8.62. The summed E-state index contributed by atoms with van der Waals surface area (Å²) in [4.78, 5) is 12.1. The van der Waals surface area contributed by atoms with E-state index in [4.69, 9.17) is 0 Å². The molecule has 4 nitrogen and oxygen atoms in total. The number of alkyl halides is 7. The fraction of sp³-hybridized carbons (Fsp3) is 0.316. The number of anilines is 1. The molecule has 0 radical (unpaired) electrons. The quantitative estimate of drug-likeness (QED) is 0.469. The Balaban J connectivity index is 2.12. The summed E-state index contributed by atoms with van der Waals surface area (Å²) in [6.45, 7) is 1.49. The molecular formula is C19H16F7NO3S. The summed E-state index contributed by atoms with van der Waals surface area (Å²) >= 11 is 0. The van der Waals surface area contributed by atoms with Gasteiger partial charge < -0.3 is 5.32 Å². The van der Waals surface area contributed by atoms with Gasteiger partial charge in [-0.1, -0.05) is 36.4 Å². The highest BCUT2D eigenvalue weighted by atomic mass is 32.2. The molecule has 1 N–H and O–H groups in total. The van der Waals surface area contributed by atoms with E-state index >= 15 is 0 Å². The minimum Gasteiger partial charge on any atom is -0.326 e. The van der Waals surface area contributed by atoms with Crippen LogP contribution in [0.25, 0.3) is 0 Å². The van der Waals surface area contributed by atoms with Crippen molar-refractivity contribution in [2.75, 3.05) is 5.32 Å². The molecular weight excluding hydrogens is 455 g/mol. The van der Waals surface area contributed by atoms with Crippen molar-refractivity contribution in [1.29, 1.82) is 0 Å². The maximum Gasteiger partial charge on any atom is 0.435 e. The van der Waals surface area contributed by atoms with Crippen molar-refractivity contribution < 1.29 is 43.9 Å². The second-order valence-corrected chi connectivity index (χ2v) is 8.00. The molecule has 0 aliphatic carbocycles. The molecule has 0 aliphatic rings. The lowest BCUT2D eigenvalue weighted by molar-refractivity contribution is -0.348. The molecule has 170 valence electrons. The lowest BCUT2D eigenvalue weighted by Crippen LogP contribution is -2.50. The van der Waals surface area contributed by atoms with Gasteiger partial charge in [0.15, 0.2) is 0 Å². The summed E-state index contributed by atoms with van der Waals surface area (Å²) < 4.78 is 113. The summed E-state index contributed by atoms with van der Waals surface area (Å²) in [7, 11) is -2.67. The average molecular weight is 471 g/mol.